The van der Waals surface area contributed by atoms with Gasteiger partial charge in [0.2, 0.25) is 0 Å². The molecule has 3 aromatic carbocycles. The molecule has 178 valence electrons. The lowest BCUT2D eigenvalue weighted by atomic mass is 10.2. The average molecular weight is 488 g/mol. The van der Waals surface area contributed by atoms with Crippen molar-refractivity contribution in [2.24, 2.45) is 0 Å². The van der Waals surface area contributed by atoms with Gasteiger partial charge in [0.25, 0.3) is 5.91 Å². The number of urea groups is 1. The first-order chi connectivity index (χ1) is 16.9. The topological polar surface area (TPSA) is 88.1 Å². The van der Waals surface area contributed by atoms with Crippen molar-refractivity contribution in [2.45, 2.75) is 26.9 Å². The summed E-state index contributed by atoms with van der Waals surface area (Å²) in [5.41, 5.74) is 5.18. The molecule has 0 bridgehead atoms. The van der Waals surface area contributed by atoms with Gasteiger partial charge in [0, 0.05) is 17.9 Å². The second-order valence-corrected chi connectivity index (χ2v) is 8.58. The summed E-state index contributed by atoms with van der Waals surface area (Å²) in [6.45, 7) is 4.48. The van der Waals surface area contributed by atoms with Gasteiger partial charge in [-0.05, 0) is 54.8 Å². The van der Waals surface area contributed by atoms with Gasteiger partial charge >= 0.3 is 6.03 Å². The number of aromatic nitrogens is 2. The number of anilines is 2. The van der Waals surface area contributed by atoms with E-state index in [0.717, 1.165) is 16.7 Å². The molecule has 0 saturated heterocycles. The van der Waals surface area contributed by atoms with Gasteiger partial charge in [0.1, 0.15) is 5.15 Å². The number of rotatable bonds is 7. The summed E-state index contributed by atoms with van der Waals surface area (Å²) in [5, 5.41) is 13.3. The van der Waals surface area contributed by atoms with Gasteiger partial charge in [-0.2, -0.15) is 5.10 Å². The molecule has 7 nitrogen and oxygen atoms in total. The minimum absolute atomic E-state index is 0.271. The second kappa shape index (κ2) is 10.9. The molecule has 3 N–H and O–H groups in total. The fraction of sp³-hybridized carbons (Fsp3) is 0.148. The quantitative estimate of drug-likeness (QED) is 0.309. The Labute approximate surface area is 209 Å². The molecule has 0 aliphatic heterocycles. The molecule has 0 aliphatic rings. The van der Waals surface area contributed by atoms with Gasteiger partial charge < -0.3 is 16.0 Å². The fourth-order valence-corrected chi connectivity index (χ4v) is 4.04. The first-order valence-corrected chi connectivity index (χ1v) is 11.6. The number of hydrogen-bond donors (Lipinski definition) is 3. The Hall–Kier alpha value is -4.10. The predicted octanol–water partition coefficient (Wildman–Crippen LogP) is 5.78. The van der Waals surface area contributed by atoms with E-state index in [9.17, 15) is 9.59 Å². The fourth-order valence-electron chi connectivity index (χ4n) is 3.72. The van der Waals surface area contributed by atoms with Crippen molar-refractivity contribution >= 4 is 34.9 Å². The van der Waals surface area contributed by atoms with Crippen molar-refractivity contribution in [2.75, 3.05) is 10.6 Å². The third kappa shape index (κ3) is 6.28. The van der Waals surface area contributed by atoms with Crippen LogP contribution in [0.15, 0.2) is 78.9 Å². The summed E-state index contributed by atoms with van der Waals surface area (Å²) in [7, 11) is 0. The Bertz CT molecular complexity index is 1350. The van der Waals surface area contributed by atoms with Gasteiger partial charge in [-0.1, -0.05) is 66.2 Å². The van der Waals surface area contributed by atoms with E-state index in [0.29, 0.717) is 34.3 Å². The van der Waals surface area contributed by atoms with E-state index in [1.165, 1.54) is 0 Å². The van der Waals surface area contributed by atoms with Crippen molar-refractivity contribution in [3.05, 3.63) is 112 Å². The highest BCUT2D eigenvalue weighted by Crippen LogP contribution is 2.21. The maximum atomic E-state index is 12.9. The van der Waals surface area contributed by atoms with Crippen molar-refractivity contribution in [3.63, 3.8) is 0 Å². The van der Waals surface area contributed by atoms with E-state index in [2.05, 4.69) is 21.0 Å². The van der Waals surface area contributed by atoms with E-state index in [-0.39, 0.29) is 18.5 Å². The molecule has 35 heavy (non-hydrogen) atoms. The van der Waals surface area contributed by atoms with Gasteiger partial charge in [-0.15, -0.1) is 0 Å². The summed E-state index contributed by atoms with van der Waals surface area (Å²) in [5.74, 6) is -0.303. The van der Waals surface area contributed by atoms with Crippen molar-refractivity contribution < 1.29 is 9.59 Å². The lowest BCUT2D eigenvalue weighted by Crippen LogP contribution is -2.24. The van der Waals surface area contributed by atoms with Crippen LogP contribution >= 0.6 is 11.6 Å². The van der Waals surface area contributed by atoms with E-state index in [1.54, 1.807) is 17.7 Å². The zero-order valence-electron chi connectivity index (χ0n) is 19.5. The van der Waals surface area contributed by atoms with Crippen LogP contribution < -0.4 is 16.0 Å². The molecule has 0 radical (unpaired) electrons. The molecule has 1 heterocycles. The highest BCUT2D eigenvalue weighted by molar-refractivity contribution is 6.33. The summed E-state index contributed by atoms with van der Waals surface area (Å²) >= 11 is 6.50. The first-order valence-electron chi connectivity index (χ1n) is 11.2. The predicted molar refractivity (Wildman–Crippen MR) is 139 cm³/mol. The minimum Gasteiger partial charge on any atom is -0.348 e. The zero-order valence-corrected chi connectivity index (χ0v) is 20.3. The number of nitrogens with zero attached hydrogens (tertiary/aromatic N) is 2. The third-order valence-corrected chi connectivity index (χ3v) is 5.77. The van der Waals surface area contributed by atoms with Crippen molar-refractivity contribution in [1.29, 1.82) is 0 Å². The molecule has 3 amide bonds. The molecule has 8 heteroatoms. The van der Waals surface area contributed by atoms with Crippen LogP contribution in [-0.4, -0.2) is 21.7 Å². The van der Waals surface area contributed by atoms with Crippen molar-refractivity contribution in [1.82, 2.24) is 15.1 Å². The van der Waals surface area contributed by atoms with E-state index in [4.69, 9.17) is 11.6 Å². The second-order valence-electron chi connectivity index (χ2n) is 8.23. The van der Waals surface area contributed by atoms with Crippen LogP contribution in [-0.2, 0) is 13.1 Å². The molecular weight excluding hydrogens is 462 g/mol. The van der Waals surface area contributed by atoms with Crippen LogP contribution in [0.4, 0.5) is 16.2 Å². The molecule has 0 fully saturated rings. The summed E-state index contributed by atoms with van der Waals surface area (Å²) in [4.78, 5) is 25.2. The van der Waals surface area contributed by atoms with Gasteiger partial charge in [-0.25, -0.2) is 9.48 Å². The molecule has 4 rings (SSSR count). The standard InChI is InChI=1S/C27H26ClN5O2/c1-18-8-6-12-22(14-18)30-27(35)31-23-13-7-11-21(15-23)16-29-26(34)24-19(2)32-33(25(24)28)17-20-9-4-3-5-10-20/h3-15H,16-17H2,1-2H3,(H,29,34)(H2,30,31,35). The van der Waals surface area contributed by atoms with E-state index >= 15 is 0 Å². The number of benzene rings is 3. The molecule has 0 spiro atoms. The normalized spacial score (nSPS) is 10.6. The maximum absolute atomic E-state index is 12.9. The Morgan fingerprint density at radius 1 is 0.857 bits per heavy atom. The third-order valence-electron chi connectivity index (χ3n) is 5.38. The molecule has 0 unspecified atom stereocenters. The molecule has 1 aromatic heterocycles. The van der Waals surface area contributed by atoms with E-state index in [1.807, 2.05) is 79.7 Å². The molecular formula is C27H26ClN5O2. The SMILES string of the molecule is Cc1cccc(NC(=O)Nc2cccc(CNC(=O)c3c(C)nn(Cc4ccccc4)c3Cl)c2)c1. The van der Waals surface area contributed by atoms with Crippen molar-refractivity contribution in [3.8, 4) is 0 Å². The van der Waals surface area contributed by atoms with Crippen LogP contribution in [0.2, 0.25) is 5.15 Å². The van der Waals surface area contributed by atoms with Gasteiger partial charge in [0.15, 0.2) is 0 Å². The number of carbonyl (C=O) groups excluding carboxylic acids is 2. The Kier molecular flexibility index (Phi) is 7.48. The maximum Gasteiger partial charge on any atom is 0.323 e. The van der Waals surface area contributed by atoms with Crippen LogP contribution in [0.25, 0.3) is 0 Å². The summed E-state index contributed by atoms with van der Waals surface area (Å²) in [6, 6.07) is 24.3. The number of amides is 3. The Balaban J connectivity index is 1.37. The number of nitrogens with one attached hydrogen (secondary N) is 3. The smallest absolute Gasteiger partial charge is 0.323 e. The van der Waals surface area contributed by atoms with Gasteiger partial charge in [-0.3, -0.25) is 4.79 Å². The number of aryl methyl sites for hydroxylation is 2. The van der Waals surface area contributed by atoms with Crippen LogP contribution in [0.5, 0.6) is 0 Å². The highest BCUT2D eigenvalue weighted by atomic mass is 35.5. The minimum atomic E-state index is -0.343. The average Bonchev–Trinajstić information content (AvgIpc) is 3.11. The summed E-state index contributed by atoms with van der Waals surface area (Å²) < 4.78 is 1.62. The van der Waals surface area contributed by atoms with Crippen LogP contribution in [0, 0.1) is 13.8 Å². The number of halogens is 1. The van der Waals surface area contributed by atoms with Crippen LogP contribution in [0.1, 0.15) is 32.7 Å². The Morgan fingerprint density at radius 3 is 2.23 bits per heavy atom. The number of hydrogen-bond acceptors (Lipinski definition) is 3. The Morgan fingerprint density at radius 2 is 1.51 bits per heavy atom. The van der Waals surface area contributed by atoms with Crippen LogP contribution in [0.3, 0.4) is 0 Å². The largest absolute Gasteiger partial charge is 0.348 e. The molecule has 0 saturated carbocycles. The lowest BCUT2D eigenvalue weighted by Gasteiger charge is -2.10. The lowest BCUT2D eigenvalue weighted by molar-refractivity contribution is 0.0950. The highest BCUT2D eigenvalue weighted by Gasteiger charge is 2.20. The summed E-state index contributed by atoms with van der Waals surface area (Å²) in [6.07, 6.45) is 0. The molecule has 4 aromatic rings. The molecule has 0 aliphatic carbocycles. The monoisotopic (exact) mass is 487 g/mol. The first kappa shape index (κ1) is 24.0. The van der Waals surface area contributed by atoms with Gasteiger partial charge in [0.05, 0.1) is 17.8 Å². The van der Waals surface area contributed by atoms with E-state index < -0.39 is 0 Å². The number of carbonyl (C=O) groups is 2. The zero-order chi connectivity index (χ0) is 24.8. The molecule has 0 atom stereocenters.